The Hall–Kier alpha value is -3.32. The van der Waals surface area contributed by atoms with Gasteiger partial charge in [-0.2, -0.15) is 5.21 Å². The maximum Gasteiger partial charge on any atom is 0.334 e. The van der Waals surface area contributed by atoms with Crippen molar-refractivity contribution in [1.82, 2.24) is 20.6 Å². The number of benzene rings is 2. The second-order valence-electron chi connectivity index (χ2n) is 8.20. The lowest BCUT2D eigenvalue weighted by molar-refractivity contribution is -0.132. The maximum atomic E-state index is 11.6. The molecule has 8 heteroatoms. The standard InChI is InChI=1S/C25H26ClN5O2/c1-2-3-8-22-18(13-14-21(25(32)33)23(26)27-22)15-16-9-11-17(12-10-16)19-6-4-5-7-20(19)24-28-30-31-29-24/h4-7,9-12,18H,2-3,8,13-15H2,1H3,(H,32,33)(H,28,29,30,31)/t18-/m0/s1. The molecule has 0 aliphatic carbocycles. The summed E-state index contributed by atoms with van der Waals surface area (Å²) >= 11 is 6.26. The molecule has 1 aromatic heterocycles. The topological polar surface area (TPSA) is 104 Å². The molecule has 33 heavy (non-hydrogen) atoms. The van der Waals surface area contributed by atoms with Crippen molar-refractivity contribution in [2.24, 2.45) is 10.9 Å². The summed E-state index contributed by atoms with van der Waals surface area (Å²) < 4.78 is 0. The minimum absolute atomic E-state index is 0.129. The summed E-state index contributed by atoms with van der Waals surface area (Å²) in [5.41, 5.74) is 5.41. The van der Waals surface area contributed by atoms with E-state index in [1.165, 1.54) is 5.56 Å². The minimum Gasteiger partial charge on any atom is -0.478 e. The summed E-state index contributed by atoms with van der Waals surface area (Å²) in [6.07, 6.45) is 4.84. The van der Waals surface area contributed by atoms with E-state index in [0.717, 1.165) is 54.5 Å². The molecule has 1 atom stereocenters. The number of aliphatic imine (C=N–C) groups is 1. The summed E-state index contributed by atoms with van der Waals surface area (Å²) in [5, 5.41) is 24.0. The third-order valence-electron chi connectivity index (χ3n) is 6.01. The number of aromatic amines is 1. The predicted octanol–water partition coefficient (Wildman–Crippen LogP) is 5.65. The molecule has 0 fully saturated rings. The van der Waals surface area contributed by atoms with Gasteiger partial charge in [-0.15, -0.1) is 10.2 Å². The number of H-pyrrole nitrogens is 1. The largest absolute Gasteiger partial charge is 0.478 e. The highest BCUT2D eigenvalue weighted by atomic mass is 35.5. The average Bonchev–Trinajstić information content (AvgIpc) is 3.31. The Kier molecular flexibility index (Phi) is 7.29. The number of nitrogens with zero attached hydrogens (tertiary/aromatic N) is 4. The number of unbranched alkanes of at least 4 members (excludes halogenated alkanes) is 1. The molecule has 0 saturated carbocycles. The van der Waals surface area contributed by atoms with Crippen LogP contribution < -0.4 is 0 Å². The van der Waals surface area contributed by atoms with Gasteiger partial charge in [-0.05, 0) is 54.0 Å². The molecule has 0 amide bonds. The van der Waals surface area contributed by atoms with Gasteiger partial charge < -0.3 is 5.11 Å². The summed E-state index contributed by atoms with van der Waals surface area (Å²) in [6.45, 7) is 2.14. The Morgan fingerprint density at radius 1 is 1.15 bits per heavy atom. The molecule has 2 heterocycles. The van der Waals surface area contributed by atoms with E-state index in [4.69, 9.17) is 11.6 Å². The number of carbonyl (C=O) groups is 1. The molecule has 7 nitrogen and oxygen atoms in total. The van der Waals surface area contributed by atoms with Gasteiger partial charge in [0.25, 0.3) is 0 Å². The number of halogens is 1. The number of nitrogens with one attached hydrogen (secondary N) is 1. The van der Waals surface area contributed by atoms with E-state index in [9.17, 15) is 9.90 Å². The molecular weight excluding hydrogens is 438 g/mol. The molecular formula is C25H26ClN5O2. The zero-order chi connectivity index (χ0) is 23.2. The fourth-order valence-electron chi connectivity index (χ4n) is 4.22. The molecule has 1 aliphatic heterocycles. The van der Waals surface area contributed by atoms with E-state index in [2.05, 4.69) is 56.8 Å². The van der Waals surface area contributed by atoms with Crippen LogP contribution in [0.2, 0.25) is 0 Å². The third-order valence-corrected chi connectivity index (χ3v) is 6.32. The van der Waals surface area contributed by atoms with Crippen molar-refractivity contribution in [2.45, 2.75) is 45.4 Å². The fourth-order valence-corrected chi connectivity index (χ4v) is 4.50. The Morgan fingerprint density at radius 2 is 1.91 bits per heavy atom. The number of carboxylic acid groups (broad SMARTS) is 1. The smallest absolute Gasteiger partial charge is 0.334 e. The van der Waals surface area contributed by atoms with Crippen LogP contribution in [-0.2, 0) is 11.2 Å². The van der Waals surface area contributed by atoms with Gasteiger partial charge in [0.15, 0.2) is 0 Å². The molecule has 0 bridgehead atoms. The number of aromatic nitrogens is 4. The van der Waals surface area contributed by atoms with Gasteiger partial charge in [-0.3, -0.25) is 0 Å². The second-order valence-corrected chi connectivity index (χ2v) is 8.56. The number of aliphatic carboxylic acids is 1. The van der Waals surface area contributed by atoms with Gasteiger partial charge in [0.2, 0.25) is 5.82 Å². The fraction of sp³-hybridized carbons (Fsp3) is 0.320. The second kappa shape index (κ2) is 10.5. The first-order valence-electron chi connectivity index (χ1n) is 11.2. The number of tetrazole rings is 1. The van der Waals surface area contributed by atoms with E-state index in [-0.39, 0.29) is 16.6 Å². The number of hydrogen-bond acceptors (Lipinski definition) is 5. The van der Waals surface area contributed by atoms with Gasteiger partial charge >= 0.3 is 5.97 Å². The van der Waals surface area contributed by atoms with Crippen LogP contribution in [0.3, 0.4) is 0 Å². The first-order chi connectivity index (χ1) is 16.1. The third kappa shape index (κ3) is 5.37. The Morgan fingerprint density at radius 3 is 2.58 bits per heavy atom. The Bertz CT molecular complexity index is 1170. The molecule has 4 rings (SSSR count). The van der Waals surface area contributed by atoms with E-state index in [0.29, 0.717) is 12.2 Å². The molecule has 170 valence electrons. The van der Waals surface area contributed by atoms with Crippen LogP contribution in [0.15, 0.2) is 64.3 Å². The van der Waals surface area contributed by atoms with Crippen LogP contribution in [0.25, 0.3) is 22.5 Å². The first-order valence-corrected chi connectivity index (χ1v) is 11.6. The average molecular weight is 464 g/mol. The highest BCUT2D eigenvalue weighted by molar-refractivity contribution is 6.32. The van der Waals surface area contributed by atoms with Crippen molar-refractivity contribution in [1.29, 1.82) is 0 Å². The van der Waals surface area contributed by atoms with Crippen LogP contribution in [-0.4, -0.2) is 37.4 Å². The van der Waals surface area contributed by atoms with Crippen LogP contribution in [0, 0.1) is 5.92 Å². The van der Waals surface area contributed by atoms with E-state index in [1.54, 1.807) is 0 Å². The SMILES string of the molecule is CCCCC1=NC(Cl)=C(C(=O)O)CC[C@H]1Cc1ccc(-c2ccccc2-c2nn[nH]n2)cc1. The molecule has 2 N–H and O–H groups in total. The van der Waals surface area contributed by atoms with Crippen molar-refractivity contribution < 1.29 is 9.90 Å². The molecule has 0 spiro atoms. The van der Waals surface area contributed by atoms with E-state index < -0.39 is 5.97 Å². The van der Waals surface area contributed by atoms with Gasteiger partial charge in [0.05, 0.1) is 5.57 Å². The minimum atomic E-state index is -0.983. The molecule has 0 radical (unpaired) electrons. The Labute approximate surface area is 197 Å². The van der Waals surface area contributed by atoms with Crippen LogP contribution in [0.5, 0.6) is 0 Å². The van der Waals surface area contributed by atoms with Gasteiger partial charge in [-0.25, -0.2) is 9.79 Å². The summed E-state index contributed by atoms with van der Waals surface area (Å²) in [6, 6.07) is 16.4. The van der Waals surface area contributed by atoms with E-state index in [1.807, 2.05) is 24.3 Å². The lowest BCUT2D eigenvalue weighted by Gasteiger charge is -2.18. The number of hydrogen-bond donors (Lipinski definition) is 2. The lowest BCUT2D eigenvalue weighted by atomic mass is 9.87. The highest BCUT2D eigenvalue weighted by Gasteiger charge is 2.24. The summed E-state index contributed by atoms with van der Waals surface area (Å²) in [4.78, 5) is 16.1. The molecule has 1 aliphatic rings. The number of carboxylic acids is 1. The van der Waals surface area contributed by atoms with Crippen molar-refractivity contribution in [3.8, 4) is 22.5 Å². The monoisotopic (exact) mass is 463 g/mol. The number of rotatable bonds is 8. The van der Waals surface area contributed by atoms with Crippen molar-refractivity contribution >= 4 is 23.3 Å². The Balaban J connectivity index is 1.56. The van der Waals surface area contributed by atoms with Gasteiger partial charge in [0, 0.05) is 17.2 Å². The van der Waals surface area contributed by atoms with Crippen LogP contribution >= 0.6 is 11.6 Å². The highest BCUT2D eigenvalue weighted by Crippen LogP contribution is 2.32. The van der Waals surface area contributed by atoms with Gasteiger partial charge in [0.1, 0.15) is 5.16 Å². The quantitative estimate of drug-likeness (QED) is 0.420. The maximum absolute atomic E-state index is 11.6. The molecule has 3 aromatic rings. The van der Waals surface area contributed by atoms with Crippen LogP contribution in [0.1, 0.15) is 44.6 Å². The summed E-state index contributed by atoms with van der Waals surface area (Å²) in [7, 11) is 0. The normalized spacial score (nSPS) is 16.4. The van der Waals surface area contributed by atoms with Crippen molar-refractivity contribution in [3.63, 3.8) is 0 Å². The molecule has 0 unspecified atom stereocenters. The zero-order valence-corrected chi connectivity index (χ0v) is 19.2. The van der Waals surface area contributed by atoms with E-state index >= 15 is 0 Å². The molecule has 2 aromatic carbocycles. The zero-order valence-electron chi connectivity index (χ0n) is 18.5. The lowest BCUT2D eigenvalue weighted by Crippen LogP contribution is -2.17. The van der Waals surface area contributed by atoms with Crippen LogP contribution in [0.4, 0.5) is 0 Å². The summed E-state index contributed by atoms with van der Waals surface area (Å²) in [5.74, 6) is -0.257. The van der Waals surface area contributed by atoms with Crippen molar-refractivity contribution in [3.05, 3.63) is 64.8 Å². The molecule has 0 saturated heterocycles. The van der Waals surface area contributed by atoms with Gasteiger partial charge in [-0.1, -0.05) is 73.5 Å². The first kappa shape index (κ1) is 22.9. The van der Waals surface area contributed by atoms with Crippen molar-refractivity contribution in [2.75, 3.05) is 0 Å². The predicted molar refractivity (Wildman–Crippen MR) is 129 cm³/mol.